The van der Waals surface area contributed by atoms with Gasteiger partial charge < -0.3 is 10.1 Å². The molecule has 0 bridgehead atoms. The fourth-order valence-corrected chi connectivity index (χ4v) is 2.43. The molecule has 0 unspecified atom stereocenters. The van der Waals surface area contributed by atoms with Gasteiger partial charge in [0.1, 0.15) is 5.82 Å². The fourth-order valence-electron chi connectivity index (χ4n) is 2.43. The Labute approximate surface area is 145 Å². The third-order valence-electron chi connectivity index (χ3n) is 3.75. The molecule has 0 spiro atoms. The molecule has 3 aromatic rings. The first kappa shape index (κ1) is 16.7. The first-order valence-corrected chi connectivity index (χ1v) is 7.89. The van der Waals surface area contributed by atoms with Gasteiger partial charge in [0, 0.05) is 6.54 Å². The molecule has 0 aliphatic carbocycles. The summed E-state index contributed by atoms with van der Waals surface area (Å²) in [5.74, 6) is -0.180. The minimum atomic E-state index is -0.311. The van der Waals surface area contributed by atoms with E-state index < -0.39 is 0 Å². The van der Waals surface area contributed by atoms with Crippen molar-refractivity contribution in [3.8, 4) is 11.4 Å². The lowest BCUT2D eigenvalue weighted by atomic mass is 10.1. The summed E-state index contributed by atoms with van der Waals surface area (Å²) in [5, 5.41) is 7.13. The zero-order valence-electron chi connectivity index (χ0n) is 13.8. The van der Waals surface area contributed by atoms with Crippen LogP contribution in [0.2, 0.25) is 0 Å². The Bertz CT molecular complexity index is 845. The van der Waals surface area contributed by atoms with Crippen LogP contribution in [-0.2, 0) is 6.42 Å². The molecule has 5 nitrogen and oxygen atoms in total. The lowest BCUT2D eigenvalue weighted by Gasteiger charge is -2.05. The second kappa shape index (κ2) is 7.61. The Morgan fingerprint density at radius 1 is 1.16 bits per heavy atom. The molecule has 0 fully saturated rings. The molecule has 1 heterocycles. The van der Waals surface area contributed by atoms with Gasteiger partial charge in [0.15, 0.2) is 11.4 Å². The normalized spacial score (nSPS) is 10.5. The predicted octanol–water partition coefficient (Wildman–Crippen LogP) is 2.99. The Kier molecular flexibility index (Phi) is 5.09. The summed E-state index contributed by atoms with van der Waals surface area (Å²) < 4.78 is 19.8. The molecule has 25 heavy (non-hydrogen) atoms. The third-order valence-corrected chi connectivity index (χ3v) is 3.75. The number of hydrogen-bond acceptors (Lipinski definition) is 3. The fraction of sp³-hybridized carbons (Fsp3) is 0.158. The van der Waals surface area contributed by atoms with E-state index in [0.29, 0.717) is 18.7 Å². The molecule has 0 aliphatic rings. The van der Waals surface area contributed by atoms with Gasteiger partial charge in [-0.25, -0.2) is 9.07 Å². The predicted molar refractivity (Wildman–Crippen MR) is 92.6 cm³/mol. The minimum absolute atomic E-state index is 0.227. The number of benzene rings is 2. The number of para-hydroxylation sites is 1. The molecule has 0 saturated carbocycles. The number of rotatable bonds is 6. The summed E-state index contributed by atoms with van der Waals surface area (Å²) in [6, 6.07) is 15.7. The largest absolute Gasteiger partial charge is 0.493 e. The van der Waals surface area contributed by atoms with Gasteiger partial charge in [-0.1, -0.05) is 30.3 Å². The van der Waals surface area contributed by atoms with E-state index in [1.807, 2.05) is 30.3 Å². The smallest absolute Gasteiger partial charge is 0.275 e. The van der Waals surface area contributed by atoms with Gasteiger partial charge in [-0.2, -0.15) is 5.10 Å². The van der Waals surface area contributed by atoms with E-state index in [4.69, 9.17) is 4.74 Å². The van der Waals surface area contributed by atoms with Gasteiger partial charge in [0.25, 0.3) is 5.91 Å². The van der Waals surface area contributed by atoms with Gasteiger partial charge in [-0.3, -0.25) is 4.79 Å². The lowest BCUT2D eigenvalue weighted by Crippen LogP contribution is -2.26. The van der Waals surface area contributed by atoms with Crippen molar-refractivity contribution in [2.24, 2.45) is 0 Å². The minimum Gasteiger partial charge on any atom is -0.493 e. The third kappa shape index (κ3) is 4.03. The molecule has 0 saturated heterocycles. The monoisotopic (exact) mass is 339 g/mol. The number of ether oxygens (including phenoxy) is 1. The van der Waals surface area contributed by atoms with Crippen molar-refractivity contribution < 1.29 is 13.9 Å². The zero-order chi connectivity index (χ0) is 17.6. The Morgan fingerprint density at radius 3 is 2.56 bits per heavy atom. The van der Waals surface area contributed by atoms with Crippen LogP contribution in [0.15, 0.2) is 60.8 Å². The second-order valence-corrected chi connectivity index (χ2v) is 5.46. The van der Waals surface area contributed by atoms with Gasteiger partial charge in [-0.05, 0) is 36.2 Å². The highest BCUT2D eigenvalue weighted by molar-refractivity contribution is 5.94. The topological polar surface area (TPSA) is 56.2 Å². The number of amides is 1. The van der Waals surface area contributed by atoms with Crippen LogP contribution < -0.4 is 10.1 Å². The van der Waals surface area contributed by atoms with Crippen molar-refractivity contribution in [3.63, 3.8) is 0 Å². The Balaban J connectivity index is 1.67. The number of halogens is 1. The van der Waals surface area contributed by atoms with Gasteiger partial charge >= 0.3 is 0 Å². The standard InChI is InChI=1S/C19H18FN3O2/c1-25-17-13-23(16-5-3-2-4-6-16)22-18(17)19(24)21-12-11-14-7-9-15(20)10-8-14/h2-10,13H,11-12H2,1H3,(H,21,24). The molecular weight excluding hydrogens is 321 g/mol. The molecule has 0 aliphatic heterocycles. The molecule has 6 heteroatoms. The van der Waals surface area contributed by atoms with Crippen molar-refractivity contribution >= 4 is 5.91 Å². The van der Waals surface area contributed by atoms with E-state index in [9.17, 15) is 9.18 Å². The van der Waals surface area contributed by atoms with E-state index in [1.165, 1.54) is 19.2 Å². The lowest BCUT2D eigenvalue weighted by molar-refractivity contribution is 0.0946. The molecule has 1 N–H and O–H groups in total. The molecular formula is C19H18FN3O2. The Morgan fingerprint density at radius 2 is 1.88 bits per heavy atom. The Hall–Kier alpha value is -3.15. The summed E-state index contributed by atoms with van der Waals surface area (Å²) >= 11 is 0. The highest BCUT2D eigenvalue weighted by atomic mass is 19.1. The molecule has 0 radical (unpaired) electrons. The maximum atomic E-state index is 12.9. The van der Waals surface area contributed by atoms with Crippen LogP contribution >= 0.6 is 0 Å². The van der Waals surface area contributed by atoms with Crippen LogP contribution in [0.5, 0.6) is 5.75 Å². The summed E-state index contributed by atoms with van der Waals surface area (Å²) in [5.41, 5.74) is 2.01. The highest BCUT2D eigenvalue weighted by Gasteiger charge is 2.17. The van der Waals surface area contributed by atoms with Crippen molar-refractivity contribution in [2.45, 2.75) is 6.42 Å². The summed E-state index contributed by atoms with van der Waals surface area (Å²) in [6.07, 6.45) is 2.28. The van der Waals surface area contributed by atoms with Gasteiger partial charge in [0.05, 0.1) is 19.0 Å². The molecule has 0 atom stereocenters. The zero-order valence-corrected chi connectivity index (χ0v) is 13.8. The average Bonchev–Trinajstić information content (AvgIpc) is 3.08. The summed E-state index contributed by atoms with van der Waals surface area (Å²) in [4.78, 5) is 12.4. The second-order valence-electron chi connectivity index (χ2n) is 5.46. The summed E-state index contributed by atoms with van der Waals surface area (Å²) in [6.45, 7) is 0.422. The average molecular weight is 339 g/mol. The molecule has 128 valence electrons. The van der Waals surface area contributed by atoms with Crippen molar-refractivity contribution in [3.05, 3.63) is 77.9 Å². The van der Waals surface area contributed by atoms with Gasteiger partial charge in [-0.15, -0.1) is 0 Å². The number of aromatic nitrogens is 2. The summed E-state index contributed by atoms with van der Waals surface area (Å²) in [7, 11) is 1.50. The first-order valence-electron chi connectivity index (χ1n) is 7.89. The van der Waals surface area contributed by atoms with Crippen LogP contribution in [0, 0.1) is 5.82 Å². The molecule has 3 rings (SSSR count). The quantitative estimate of drug-likeness (QED) is 0.751. The van der Waals surface area contributed by atoms with Crippen LogP contribution in [0.3, 0.4) is 0 Å². The van der Waals surface area contributed by atoms with Crippen LogP contribution in [-0.4, -0.2) is 29.3 Å². The number of methoxy groups -OCH3 is 1. The van der Waals surface area contributed by atoms with E-state index in [2.05, 4.69) is 10.4 Å². The number of nitrogens with one attached hydrogen (secondary N) is 1. The van der Waals surface area contributed by atoms with Crippen LogP contribution in [0.4, 0.5) is 4.39 Å². The molecule has 2 aromatic carbocycles. The van der Waals surface area contributed by atoms with Crippen molar-refractivity contribution in [2.75, 3.05) is 13.7 Å². The van der Waals surface area contributed by atoms with Crippen LogP contribution in [0.1, 0.15) is 16.1 Å². The maximum Gasteiger partial charge on any atom is 0.275 e. The maximum absolute atomic E-state index is 12.9. The van der Waals surface area contributed by atoms with Crippen molar-refractivity contribution in [1.82, 2.24) is 15.1 Å². The number of nitrogens with zero attached hydrogens (tertiary/aromatic N) is 2. The molecule has 1 amide bonds. The van der Waals surface area contributed by atoms with E-state index in [-0.39, 0.29) is 17.4 Å². The van der Waals surface area contributed by atoms with Crippen LogP contribution in [0.25, 0.3) is 5.69 Å². The van der Waals surface area contributed by atoms with E-state index >= 15 is 0 Å². The number of carbonyl (C=O) groups excluding carboxylic acids is 1. The first-order chi connectivity index (χ1) is 12.2. The highest BCUT2D eigenvalue weighted by Crippen LogP contribution is 2.19. The molecule has 1 aromatic heterocycles. The van der Waals surface area contributed by atoms with E-state index in [1.54, 1.807) is 23.0 Å². The van der Waals surface area contributed by atoms with Crippen molar-refractivity contribution in [1.29, 1.82) is 0 Å². The van der Waals surface area contributed by atoms with E-state index in [0.717, 1.165) is 11.3 Å². The number of hydrogen-bond donors (Lipinski definition) is 1. The SMILES string of the molecule is COc1cn(-c2ccccc2)nc1C(=O)NCCc1ccc(F)cc1. The number of carbonyl (C=O) groups is 1. The van der Waals surface area contributed by atoms with Gasteiger partial charge in [0.2, 0.25) is 0 Å².